The molecule has 1 aromatic heterocycles. The van der Waals surface area contributed by atoms with E-state index in [9.17, 15) is 0 Å². The third kappa shape index (κ3) is 3.66. The number of methoxy groups -OCH3 is 2. The molecule has 1 N–H and O–H groups in total. The quantitative estimate of drug-likeness (QED) is 0.831. The Hall–Kier alpha value is -1.63. The third-order valence-corrected chi connectivity index (χ3v) is 3.20. The second kappa shape index (κ2) is 6.51. The van der Waals surface area contributed by atoms with Crippen molar-refractivity contribution in [3.05, 3.63) is 0 Å². The molecule has 0 saturated carbocycles. The molecule has 2 heterocycles. The summed E-state index contributed by atoms with van der Waals surface area (Å²) in [5, 5.41) is 3.50. The lowest BCUT2D eigenvalue weighted by Gasteiger charge is -2.28. The molecule has 1 fully saturated rings. The second-order valence-electron chi connectivity index (χ2n) is 4.64. The minimum absolute atomic E-state index is 0.269. The van der Waals surface area contributed by atoms with Crippen LogP contribution in [0.4, 0.5) is 5.95 Å². The summed E-state index contributed by atoms with van der Waals surface area (Å²) in [7, 11) is 5.02. The maximum absolute atomic E-state index is 5.05. The van der Waals surface area contributed by atoms with Gasteiger partial charge in [0, 0.05) is 19.6 Å². The van der Waals surface area contributed by atoms with Crippen LogP contribution in [0.25, 0.3) is 0 Å². The van der Waals surface area contributed by atoms with Crippen LogP contribution in [0, 0.1) is 0 Å². The molecule has 0 aliphatic carbocycles. The van der Waals surface area contributed by atoms with Crippen LogP contribution in [-0.2, 0) is 0 Å². The second-order valence-corrected chi connectivity index (χ2v) is 4.64. The SMILES string of the molecule is COc1nc(OC)nc(N(C)CC2CCCCN2)n1. The van der Waals surface area contributed by atoms with Gasteiger partial charge in [0.05, 0.1) is 14.2 Å². The molecule has 106 valence electrons. The number of hydrogen-bond donors (Lipinski definition) is 1. The van der Waals surface area contributed by atoms with Gasteiger partial charge in [-0.25, -0.2) is 0 Å². The van der Waals surface area contributed by atoms with Crippen LogP contribution in [0.5, 0.6) is 12.0 Å². The molecule has 1 aliphatic heterocycles. The number of hydrogen-bond acceptors (Lipinski definition) is 7. The van der Waals surface area contributed by atoms with Gasteiger partial charge in [-0.1, -0.05) is 6.42 Å². The van der Waals surface area contributed by atoms with E-state index >= 15 is 0 Å². The van der Waals surface area contributed by atoms with Crippen molar-refractivity contribution in [3.8, 4) is 12.0 Å². The molecule has 0 radical (unpaired) electrons. The molecule has 0 spiro atoms. The average Bonchev–Trinajstić information content (AvgIpc) is 2.47. The largest absolute Gasteiger partial charge is 0.467 e. The van der Waals surface area contributed by atoms with Gasteiger partial charge in [-0.2, -0.15) is 9.97 Å². The van der Waals surface area contributed by atoms with Crippen LogP contribution in [0.3, 0.4) is 0 Å². The molecule has 2 rings (SSSR count). The van der Waals surface area contributed by atoms with E-state index in [1.165, 1.54) is 33.5 Å². The van der Waals surface area contributed by atoms with Crippen LogP contribution in [-0.4, -0.2) is 55.4 Å². The molecular weight excluding hydrogens is 246 g/mol. The highest BCUT2D eigenvalue weighted by Gasteiger charge is 2.17. The van der Waals surface area contributed by atoms with Crippen molar-refractivity contribution in [2.24, 2.45) is 0 Å². The maximum atomic E-state index is 5.05. The highest BCUT2D eigenvalue weighted by Crippen LogP contribution is 2.16. The van der Waals surface area contributed by atoms with Crippen molar-refractivity contribution in [1.82, 2.24) is 20.3 Å². The zero-order valence-corrected chi connectivity index (χ0v) is 11.7. The zero-order valence-electron chi connectivity index (χ0n) is 11.7. The minimum atomic E-state index is 0.269. The molecule has 1 aliphatic rings. The summed E-state index contributed by atoms with van der Waals surface area (Å²) in [5.74, 6) is 0.566. The third-order valence-electron chi connectivity index (χ3n) is 3.20. The summed E-state index contributed by atoms with van der Waals surface area (Å²) in [4.78, 5) is 14.5. The van der Waals surface area contributed by atoms with Gasteiger partial charge in [0.2, 0.25) is 5.95 Å². The lowest BCUT2D eigenvalue weighted by atomic mass is 10.1. The fourth-order valence-corrected chi connectivity index (χ4v) is 2.17. The molecule has 0 aromatic carbocycles. The molecular formula is C12H21N5O2. The molecule has 19 heavy (non-hydrogen) atoms. The topological polar surface area (TPSA) is 72.4 Å². The first-order valence-corrected chi connectivity index (χ1v) is 6.51. The van der Waals surface area contributed by atoms with E-state index in [0.29, 0.717) is 12.0 Å². The number of ether oxygens (including phenoxy) is 2. The number of rotatable bonds is 5. The maximum Gasteiger partial charge on any atom is 0.324 e. The molecule has 0 bridgehead atoms. The Morgan fingerprint density at radius 1 is 1.16 bits per heavy atom. The lowest BCUT2D eigenvalue weighted by molar-refractivity contribution is 0.339. The first-order chi connectivity index (χ1) is 9.22. The smallest absolute Gasteiger partial charge is 0.324 e. The van der Waals surface area contributed by atoms with Crippen LogP contribution in [0.15, 0.2) is 0 Å². The van der Waals surface area contributed by atoms with E-state index in [4.69, 9.17) is 9.47 Å². The molecule has 7 heteroatoms. The standard InChI is InChI=1S/C12H21N5O2/c1-17(8-9-6-4-5-7-13-9)10-14-11(18-2)16-12(15-10)19-3/h9,13H,4-8H2,1-3H3. The van der Waals surface area contributed by atoms with E-state index < -0.39 is 0 Å². The summed E-state index contributed by atoms with van der Waals surface area (Å²) in [5.41, 5.74) is 0. The van der Waals surface area contributed by atoms with Crippen LogP contribution < -0.4 is 19.7 Å². The molecule has 1 unspecified atom stereocenters. The van der Waals surface area contributed by atoms with Gasteiger partial charge in [0.1, 0.15) is 0 Å². The average molecular weight is 267 g/mol. The number of nitrogens with one attached hydrogen (secondary N) is 1. The highest BCUT2D eigenvalue weighted by atomic mass is 16.5. The molecule has 0 amide bonds. The van der Waals surface area contributed by atoms with E-state index in [2.05, 4.69) is 20.3 Å². The molecule has 1 saturated heterocycles. The molecule has 1 aromatic rings. The summed E-state index contributed by atoms with van der Waals surface area (Å²) >= 11 is 0. The summed E-state index contributed by atoms with van der Waals surface area (Å²) in [6.07, 6.45) is 3.71. The van der Waals surface area contributed by atoms with Gasteiger partial charge >= 0.3 is 12.0 Å². The number of nitrogens with zero attached hydrogens (tertiary/aromatic N) is 4. The Morgan fingerprint density at radius 3 is 2.37 bits per heavy atom. The Morgan fingerprint density at radius 2 is 1.84 bits per heavy atom. The Balaban J connectivity index is 2.06. The van der Waals surface area contributed by atoms with Gasteiger partial charge in [0.25, 0.3) is 0 Å². The van der Waals surface area contributed by atoms with Gasteiger partial charge in [0.15, 0.2) is 0 Å². The normalized spacial score (nSPS) is 19.0. The van der Waals surface area contributed by atoms with Crippen molar-refractivity contribution < 1.29 is 9.47 Å². The van der Waals surface area contributed by atoms with Gasteiger partial charge in [-0.15, -0.1) is 4.98 Å². The van der Waals surface area contributed by atoms with Crippen molar-refractivity contribution in [2.75, 3.05) is 39.3 Å². The highest BCUT2D eigenvalue weighted by molar-refractivity contribution is 5.31. The van der Waals surface area contributed by atoms with E-state index in [-0.39, 0.29) is 12.0 Å². The first-order valence-electron chi connectivity index (χ1n) is 6.51. The van der Waals surface area contributed by atoms with Gasteiger partial charge < -0.3 is 19.7 Å². The fourth-order valence-electron chi connectivity index (χ4n) is 2.17. The number of anilines is 1. The van der Waals surface area contributed by atoms with Gasteiger partial charge in [-0.3, -0.25) is 0 Å². The Labute approximate surface area is 113 Å². The van der Waals surface area contributed by atoms with E-state index in [0.717, 1.165) is 13.1 Å². The van der Waals surface area contributed by atoms with Crippen LogP contribution in [0.1, 0.15) is 19.3 Å². The predicted molar refractivity (Wildman–Crippen MR) is 71.8 cm³/mol. The van der Waals surface area contributed by atoms with Crippen molar-refractivity contribution in [1.29, 1.82) is 0 Å². The lowest BCUT2D eigenvalue weighted by Crippen LogP contribution is -2.43. The number of likely N-dealkylation sites (N-methyl/N-ethyl adjacent to an activating group) is 1. The predicted octanol–water partition coefficient (Wildman–Crippen LogP) is 0.467. The Bertz CT molecular complexity index is 387. The van der Waals surface area contributed by atoms with E-state index in [1.54, 1.807) is 0 Å². The first kappa shape index (κ1) is 13.8. The monoisotopic (exact) mass is 267 g/mol. The number of aromatic nitrogens is 3. The van der Waals surface area contributed by atoms with Crippen LogP contribution >= 0.6 is 0 Å². The van der Waals surface area contributed by atoms with E-state index in [1.807, 2.05) is 11.9 Å². The zero-order chi connectivity index (χ0) is 13.7. The summed E-state index contributed by atoms with van der Waals surface area (Å²) in [6.45, 7) is 1.94. The van der Waals surface area contributed by atoms with Crippen molar-refractivity contribution >= 4 is 5.95 Å². The fraction of sp³-hybridized carbons (Fsp3) is 0.750. The molecule has 1 atom stereocenters. The summed E-state index contributed by atoms with van der Waals surface area (Å²) in [6, 6.07) is 1.02. The van der Waals surface area contributed by atoms with Crippen LogP contribution in [0.2, 0.25) is 0 Å². The van der Waals surface area contributed by atoms with Crippen molar-refractivity contribution in [3.63, 3.8) is 0 Å². The molecule has 7 nitrogen and oxygen atoms in total. The summed E-state index contributed by atoms with van der Waals surface area (Å²) < 4.78 is 10.1. The Kier molecular flexibility index (Phi) is 4.73. The van der Waals surface area contributed by atoms with Gasteiger partial charge in [-0.05, 0) is 19.4 Å². The minimum Gasteiger partial charge on any atom is -0.467 e. The number of piperidine rings is 1. The van der Waals surface area contributed by atoms with Crippen molar-refractivity contribution in [2.45, 2.75) is 25.3 Å².